The second kappa shape index (κ2) is 11.6. The van der Waals surface area contributed by atoms with Crippen LogP contribution in [0.5, 0.6) is 11.5 Å². The van der Waals surface area contributed by atoms with Crippen molar-refractivity contribution in [3.63, 3.8) is 0 Å². The number of benzene rings is 3. The quantitative estimate of drug-likeness (QED) is 0.182. The van der Waals surface area contributed by atoms with E-state index in [1.54, 1.807) is 6.07 Å². The Hall–Kier alpha value is -4.39. The third-order valence-corrected chi connectivity index (χ3v) is 7.50. The Morgan fingerprint density at radius 2 is 1.34 bits per heavy atom. The highest BCUT2D eigenvalue weighted by atomic mass is 16.5. The van der Waals surface area contributed by atoms with E-state index in [-0.39, 0.29) is 35.5 Å². The van der Waals surface area contributed by atoms with Crippen molar-refractivity contribution < 1.29 is 23.6 Å². The number of hydrogen-bond donors (Lipinski definition) is 0. The lowest BCUT2D eigenvalue weighted by Gasteiger charge is -2.19. The van der Waals surface area contributed by atoms with Crippen LogP contribution in [0.3, 0.4) is 0 Å². The summed E-state index contributed by atoms with van der Waals surface area (Å²) in [6, 6.07) is 25.6. The standard InChI is InChI=1S/C34H34N2O5/c1-22(2)27-17-28(29-18-32(41-35-29)36(33(37)25-13-14-25)34(38)26-15-16-26)31(40-21-24-11-7-4-8-12-24)19-30(27)39-20-23-9-5-3-6-10-23/h3-12,17-19,22,25-26H,13-16,20-21H2,1-2H3. The minimum atomic E-state index is -0.197. The summed E-state index contributed by atoms with van der Waals surface area (Å²) in [5.74, 6) is 0.991. The van der Waals surface area contributed by atoms with Gasteiger partial charge in [0.2, 0.25) is 17.7 Å². The Labute approximate surface area is 240 Å². The van der Waals surface area contributed by atoms with E-state index in [0.717, 1.165) is 48.1 Å². The van der Waals surface area contributed by atoms with Crippen LogP contribution < -0.4 is 14.4 Å². The van der Waals surface area contributed by atoms with Crippen LogP contribution in [0.25, 0.3) is 11.3 Å². The van der Waals surface area contributed by atoms with Crippen LogP contribution in [0, 0.1) is 11.8 Å². The van der Waals surface area contributed by atoms with E-state index in [1.807, 2.05) is 72.8 Å². The van der Waals surface area contributed by atoms with Crippen molar-refractivity contribution in [2.75, 3.05) is 4.90 Å². The molecular weight excluding hydrogens is 516 g/mol. The highest BCUT2D eigenvalue weighted by Gasteiger charge is 2.43. The average molecular weight is 551 g/mol. The van der Waals surface area contributed by atoms with Gasteiger partial charge in [0.1, 0.15) is 30.4 Å². The van der Waals surface area contributed by atoms with Crippen molar-refractivity contribution >= 4 is 17.7 Å². The van der Waals surface area contributed by atoms with Gasteiger partial charge in [-0.25, -0.2) is 4.90 Å². The molecule has 4 aromatic rings. The largest absolute Gasteiger partial charge is 0.488 e. The molecule has 2 aliphatic carbocycles. The monoisotopic (exact) mass is 550 g/mol. The summed E-state index contributed by atoms with van der Waals surface area (Å²) in [6.45, 7) is 4.99. The van der Waals surface area contributed by atoms with Gasteiger partial charge in [0.25, 0.3) is 0 Å². The molecule has 2 saturated carbocycles. The van der Waals surface area contributed by atoms with Crippen molar-refractivity contribution in [2.45, 2.75) is 58.7 Å². The Morgan fingerprint density at radius 1 is 0.805 bits per heavy atom. The van der Waals surface area contributed by atoms with Gasteiger partial charge in [-0.1, -0.05) is 79.7 Å². The SMILES string of the molecule is CC(C)c1cc(-c2cc(N(C(=O)C3CC3)C(=O)C3CC3)on2)c(OCc2ccccc2)cc1OCc1ccccc1. The zero-order valence-corrected chi connectivity index (χ0v) is 23.4. The van der Waals surface area contributed by atoms with Crippen molar-refractivity contribution in [1.29, 1.82) is 0 Å². The van der Waals surface area contributed by atoms with Crippen molar-refractivity contribution in [2.24, 2.45) is 11.8 Å². The molecule has 7 heteroatoms. The van der Waals surface area contributed by atoms with Gasteiger partial charge in [0, 0.05) is 29.5 Å². The molecule has 0 N–H and O–H groups in total. The molecule has 0 bridgehead atoms. The molecule has 1 aromatic heterocycles. The smallest absolute Gasteiger partial charge is 0.241 e. The van der Waals surface area contributed by atoms with E-state index in [9.17, 15) is 9.59 Å². The Morgan fingerprint density at radius 3 is 1.85 bits per heavy atom. The van der Waals surface area contributed by atoms with Crippen LogP contribution in [0.1, 0.15) is 62.1 Å². The third-order valence-electron chi connectivity index (χ3n) is 7.50. The molecule has 2 amide bonds. The van der Waals surface area contributed by atoms with Gasteiger partial charge in [-0.2, -0.15) is 0 Å². The molecule has 0 saturated heterocycles. The first kappa shape index (κ1) is 26.8. The van der Waals surface area contributed by atoms with E-state index in [1.165, 1.54) is 4.90 Å². The first-order valence-electron chi connectivity index (χ1n) is 14.3. The molecular formula is C34H34N2O5. The summed E-state index contributed by atoms with van der Waals surface area (Å²) in [6.07, 6.45) is 3.20. The minimum Gasteiger partial charge on any atom is -0.488 e. The number of amides is 2. The second-order valence-corrected chi connectivity index (χ2v) is 11.2. The molecule has 0 aliphatic heterocycles. The number of anilines is 1. The molecule has 1 heterocycles. The summed E-state index contributed by atoms with van der Waals surface area (Å²) in [4.78, 5) is 27.4. The molecule has 2 fully saturated rings. The van der Waals surface area contributed by atoms with Gasteiger partial charge in [-0.15, -0.1) is 0 Å². The molecule has 210 valence electrons. The van der Waals surface area contributed by atoms with Crippen LogP contribution in [0.15, 0.2) is 83.4 Å². The van der Waals surface area contributed by atoms with Gasteiger partial charge in [0.15, 0.2) is 0 Å². The number of hydrogen-bond acceptors (Lipinski definition) is 6. The fraction of sp³-hybridized carbons (Fsp3) is 0.324. The molecule has 6 rings (SSSR count). The Kier molecular flexibility index (Phi) is 7.59. The summed E-state index contributed by atoms with van der Waals surface area (Å²) >= 11 is 0. The van der Waals surface area contributed by atoms with Gasteiger partial charge >= 0.3 is 0 Å². The second-order valence-electron chi connectivity index (χ2n) is 11.2. The highest BCUT2D eigenvalue weighted by Crippen LogP contribution is 2.42. The number of aromatic nitrogens is 1. The molecule has 3 aromatic carbocycles. The predicted octanol–water partition coefficient (Wildman–Crippen LogP) is 7.30. The maximum atomic E-state index is 13.1. The number of carbonyl (C=O) groups excluding carboxylic acids is 2. The third kappa shape index (κ3) is 6.19. The summed E-state index contributed by atoms with van der Waals surface area (Å²) in [5, 5.41) is 4.33. The fourth-order valence-corrected chi connectivity index (χ4v) is 4.79. The summed E-state index contributed by atoms with van der Waals surface area (Å²) in [7, 11) is 0. The highest BCUT2D eigenvalue weighted by molar-refractivity contribution is 6.16. The van der Waals surface area contributed by atoms with E-state index in [2.05, 4.69) is 19.0 Å². The molecule has 0 atom stereocenters. The molecule has 2 aliphatic rings. The molecule has 7 nitrogen and oxygen atoms in total. The lowest BCUT2D eigenvalue weighted by atomic mass is 9.97. The first-order valence-corrected chi connectivity index (χ1v) is 14.3. The van der Waals surface area contributed by atoms with Crippen LogP contribution in [0.4, 0.5) is 5.88 Å². The molecule has 41 heavy (non-hydrogen) atoms. The van der Waals surface area contributed by atoms with E-state index in [4.69, 9.17) is 14.0 Å². The zero-order chi connectivity index (χ0) is 28.3. The lowest BCUT2D eigenvalue weighted by molar-refractivity contribution is -0.128. The van der Waals surface area contributed by atoms with Gasteiger partial charge < -0.3 is 14.0 Å². The number of imide groups is 1. The topological polar surface area (TPSA) is 81.9 Å². The van der Waals surface area contributed by atoms with Gasteiger partial charge in [-0.3, -0.25) is 9.59 Å². The number of rotatable bonds is 11. The van der Waals surface area contributed by atoms with E-state index in [0.29, 0.717) is 30.2 Å². The van der Waals surface area contributed by atoms with Crippen LogP contribution >= 0.6 is 0 Å². The number of nitrogens with zero attached hydrogens (tertiary/aromatic N) is 2. The van der Waals surface area contributed by atoms with Crippen LogP contribution in [0.2, 0.25) is 0 Å². The normalized spacial score (nSPS) is 14.6. The van der Waals surface area contributed by atoms with E-state index >= 15 is 0 Å². The lowest BCUT2D eigenvalue weighted by Crippen LogP contribution is -2.38. The maximum Gasteiger partial charge on any atom is 0.241 e. The number of ether oxygens (including phenoxy) is 2. The maximum absolute atomic E-state index is 13.1. The first-order chi connectivity index (χ1) is 20.0. The molecule has 0 unspecified atom stereocenters. The minimum absolute atomic E-state index is 0.121. The fourth-order valence-electron chi connectivity index (χ4n) is 4.79. The zero-order valence-electron chi connectivity index (χ0n) is 23.4. The average Bonchev–Trinajstić information content (AvgIpc) is 3.94. The van der Waals surface area contributed by atoms with Crippen molar-refractivity contribution in [3.05, 3.63) is 95.6 Å². The molecule has 0 radical (unpaired) electrons. The predicted molar refractivity (Wildman–Crippen MR) is 156 cm³/mol. The van der Waals surface area contributed by atoms with Gasteiger partial charge in [0.05, 0.1) is 0 Å². The van der Waals surface area contributed by atoms with E-state index < -0.39 is 0 Å². The summed E-state index contributed by atoms with van der Waals surface area (Å²) in [5.41, 5.74) is 4.30. The van der Waals surface area contributed by atoms with Crippen LogP contribution in [-0.4, -0.2) is 17.0 Å². The Bertz CT molecular complexity index is 1500. The Balaban J connectivity index is 1.36. The van der Waals surface area contributed by atoms with Gasteiger partial charge in [-0.05, 0) is 54.4 Å². The summed E-state index contributed by atoms with van der Waals surface area (Å²) < 4.78 is 18.4. The molecule has 0 spiro atoms. The van der Waals surface area contributed by atoms with Crippen molar-refractivity contribution in [3.8, 4) is 22.8 Å². The van der Waals surface area contributed by atoms with Crippen molar-refractivity contribution in [1.82, 2.24) is 5.16 Å². The number of carbonyl (C=O) groups is 2. The van der Waals surface area contributed by atoms with Crippen LogP contribution in [-0.2, 0) is 22.8 Å².